The molecular weight excluding hydrogens is 288 g/mol. The highest BCUT2D eigenvalue weighted by atomic mass is 16.2. The fourth-order valence-corrected chi connectivity index (χ4v) is 3.41. The molecule has 2 N–H and O–H groups in total. The lowest BCUT2D eigenvalue weighted by Crippen LogP contribution is -2.35. The molecule has 120 valence electrons. The molecule has 5 heteroatoms. The van der Waals surface area contributed by atoms with Crippen LogP contribution in [-0.2, 0) is 17.8 Å². The van der Waals surface area contributed by atoms with Crippen molar-refractivity contribution < 1.29 is 4.79 Å². The number of hydrogen-bond acceptors (Lipinski definition) is 3. The van der Waals surface area contributed by atoms with Gasteiger partial charge in [0.2, 0.25) is 5.91 Å². The summed E-state index contributed by atoms with van der Waals surface area (Å²) in [5, 5.41) is 6.20. The Kier molecular flexibility index (Phi) is 3.87. The zero-order valence-corrected chi connectivity index (χ0v) is 13.2. The summed E-state index contributed by atoms with van der Waals surface area (Å²) in [4.78, 5) is 16.9. The quantitative estimate of drug-likeness (QED) is 0.916. The number of benzene rings is 1. The lowest BCUT2D eigenvalue weighted by Gasteiger charge is -2.11. The third kappa shape index (κ3) is 3.01. The summed E-state index contributed by atoms with van der Waals surface area (Å²) in [6, 6.07) is 7.94. The predicted octanol–water partition coefficient (Wildman–Crippen LogP) is 2.58. The molecule has 1 unspecified atom stereocenters. The van der Waals surface area contributed by atoms with Gasteiger partial charge in [-0.05, 0) is 44.4 Å². The molecule has 1 aromatic carbocycles. The van der Waals surface area contributed by atoms with Gasteiger partial charge >= 0.3 is 0 Å². The summed E-state index contributed by atoms with van der Waals surface area (Å²) in [6.45, 7) is 2.01. The Balaban J connectivity index is 1.47. The van der Waals surface area contributed by atoms with Gasteiger partial charge in [-0.1, -0.05) is 12.1 Å². The van der Waals surface area contributed by atoms with E-state index in [1.165, 1.54) is 18.7 Å². The number of aromatic nitrogens is 2. The van der Waals surface area contributed by atoms with E-state index in [4.69, 9.17) is 4.98 Å². The van der Waals surface area contributed by atoms with Crippen LogP contribution in [0.4, 0.5) is 5.69 Å². The zero-order chi connectivity index (χ0) is 15.6. The molecule has 0 bridgehead atoms. The maximum absolute atomic E-state index is 12.1. The van der Waals surface area contributed by atoms with E-state index in [1.807, 2.05) is 24.3 Å². The van der Waals surface area contributed by atoms with Gasteiger partial charge in [0.05, 0.1) is 11.7 Å². The van der Waals surface area contributed by atoms with Gasteiger partial charge in [0.1, 0.15) is 5.82 Å². The topological polar surface area (TPSA) is 59.0 Å². The SMILES string of the molecule is O=C(Nc1ccc(-c2cn3c(n2)CCCC3)cc1)C1CCCN1. The Morgan fingerprint density at radius 1 is 1.22 bits per heavy atom. The van der Waals surface area contributed by atoms with E-state index in [2.05, 4.69) is 21.4 Å². The molecule has 3 heterocycles. The second-order valence-corrected chi connectivity index (χ2v) is 6.41. The van der Waals surface area contributed by atoms with Crippen molar-refractivity contribution in [1.82, 2.24) is 14.9 Å². The average Bonchev–Trinajstić information content (AvgIpc) is 3.25. The zero-order valence-electron chi connectivity index (χ0n) is 13.2. The van der Waals surface area contributed by atoms with Crippen molar-refractivity contribution in [3.05, 3.63) is 36.3 Å². The smallest absolute Gasteiger partial charge is 0.241 e. The molecule has 1 aromatic heterocycles. The molecular formula is C18H22N4O. The van der Waals surface area contributed by atoms with Crippen molar-refractivity contribution in [2.45, 2.75) is 44.7 Å². The molecule has 1 saturated heterocycles. The van der Waals surface area contributed by atoms with Gasteiger partial charge < -0.3 is 15.2 Å². The first-order valence-corrected chi connectivity index (χ1v) is 8.50. The first-order chi connectivity index (χ1) is 11.3. The minimum atomic E-state index is -0.0467. The van der Waals surface area contributed by atoms with Crippen molar-refractivity contribution >= 4 is 11.6 Å². The standard InChI is InChI=1S/C18H22N4O/c23-18(15-4-3-10-19-15)20-14-8-6-13(7-9-14)16-12-22-11-2-1-5-17(22)21-16/h6-9,12,15,19H,1-5,10-11H2,(H,20,23). The second-order valence-electron chi connectivity index (χ2n) is 6.41. The number of fused-ring (bicyclic) bond motifs is 1. The minimum absolute atomic E-state index is 0.0467. The Morgan fingerprint density at radius 2 is 2.09 bits per heavy atom. The number of amides is 1. The van der Waals surface area contributed by atoms with Gasteiger partial charge in [-0.3, -0.25) is 4.79 Å². The molecule has 2 aromatic rings. The predicted molar refractivity (Wildman–Crippen MR) is 90.3 cm³/mol. The third-order valence-corrected chi connectivity index (χ3v) is 4.73. The molecule has 2 aliphatic rings. The number of carbonyl (C=O) groups excluding carboxylic acids is 1. The number of nitrogens with zero attached hydrogens (tertiary/aromatic N) is 2. The lowest BCUT2D eigenvalue weighted by atomic mass is 10.1. The van der Waals surface area contributed by atoms with Crippen LogP contribution in [0, 0.1) is 0 Å². The monoisotopic (exact) mass is 310 g/mol. The van der Waals surface area contributed by atoms with E-state index in [0.29, 0.717) is 0 Å². The molecule has 1 atom stereocenters. The molecule has 0 spiro atoms. The fourth-order valence-electron chi connectivity index (χ4n) is 3.41. The fraction of sp³-hybridized carbons (Fsp3) is 0.444. The Labute approximate surface area is 136 Å². The van der Waals surface area contributed by atoms with E-state index in [0.717, 1.165) is 49.3 Å². The Morgan fingerprint density at radius 3 is 2.83 bits per heavy atom. The minimum Gasteiger partial charge on any atom is -0.334 e. The molecule has 0 saturated carbocycles. The molecule has 1 amide bonds. The van der Waals surface area contributed by atoms with Gasteiger partial charge in [-0.25, -0.2) is 4.98 Å². The van der Waals surface area contributed by atoms with E-state index >= 15 is 0 Å². The highest BCUT2D eigenvalue weighted by Crippen LogP contribution is 2.24. The van der Waals surface area contributed by atoms with Crippen LogP contribution in [-0.4, -0.2) is 28.0 Å². The van der Waals surface area contributed by atoms with Crippen molar-refractivity contribution in [2.75, 3.05) is 11.9 Å². The average molecular weight is 310 g/mol. The molecule has 0 aliphatic carbocycles. The van der Waals surface area contributed by atoms with Crippen molar-refractivity contribution in [3.8, 4) is 11.3 Å². The van der Waals surface area contributed by atoms with Gasteiger partial charge in [0.25, 0.3) is 0 Å². The maximum Gasteiger partial charge on any atom is 0.241 e. The summed E-state index contributed by atoms with van der Waals surface area (Å²) in [6.07, 6.45) is 7.68. The number of nitrogens with one attached hydrogen (secondary N) is 2. The van der Waals surface area contributed by atoms with E-state index < -0.39 is 0 Å². The number of rotatable bonds is 3. The molecule has 2 aliphatic heterocycles. The van der Waals surface area contributed by atoms with Crippen LogP contribution >= 0.6 is 0 Å². The normalized spacial score (nSPS) is 20.3. The van der Waals surface area contributed by atoms with Crippen LogP contribution < -0.4 is 10.6 Å². The second kappa shape index (κ2) is 6.16. The number of imidazole rings is 1. The summed E-state index contributed by atoms with van der Waals surface area (Å²) in [5.74, 6) is 1.25. The number of carbonyl (C=O) groups is 1. The third-order valence-electron chi connectivity index (χ3n) is 4.73. The summed E-state index contributed by atoms with van der Waals surface area (Å²) in [5.41, 5.74) is 2.97. The van der Waals surface area contributed by atoms with Crippen molar-refractivity contribution in [1.29, 1.82) is 0 Å². The molecule has 5 nitrogen and oxygen atoms in total. The number of anilines is 1. The van der Waals surface area contributed by atoms with Gasteiger partial charge in [-0.2, -0.15) is 0 Å². The summed E-state index contributed by atoms with van der Waals surface area (Å²) >= 11 is 0. The number of hydrogen-bond donors (Lipinski definition) is 2. The van der Waals surface area contributed by atoms with Crippen molar-refractivity contribution in [2.24, 2.45) is 0 Å². The lowest BCUT2D eigenvalue weighted by molar-refractivity contribution is -0.117. The highest BCUT2D eigenvalue weighted by molar-refractivity contribution is 5.95. The highest BCUT2D eigenvalue weighted by Gasteiger charge is 2.21. The Bertz CT molecular complexity index is 675. The molecule has 23 heavy (non-hydrogen) atoms. The van der Waals surface area contributed by atoms with Gasteiger partial charge in [0.15, 0.2) is 0 Å². The van der Waals surface area contributed by atoms with E-state index in [9.17, 15) is 4.79 Å². The van der Waals surface area contributed by atoms with Crippen LogP contribution in [0.15, 0.2) is 30.5 Å². The van der Waals surface area contributed by atoms with Gasteiger partial charge in [0, 0.05) is 30.4 Å². The van der Waals surface area contributed by atoms with Crippen LogP contribution in [0.3, 0.4) is 0 Å². The van der Waals surface area contributed by atoms with E-state index in [1.54, 1.807) is 0 Å². The summed E-state index contributed by atoms with van der Waals surface area (Å²) < 4.78 is 2.26. The maximum atomic E-state index is 12.1. The van der Waals surface area contributed by atoms with Gasteiger partial charge in [-0.15, -0.1) is 0 Å². The summed E-state index contributed by atoms with van der Waals surface area (Å²) in [7, 11) is 0. The van der Waals surface area contributed by atoms with Crippen molar-refractivity contribution in [3.63, 3.8) is 0 Å². The number of aryl methyl sites for hydroxylation is 2. The largest absolute Gasteiger partial charge is 0.334 e. The molecule has 1 fully saturated rings. The van der Waals surface area contributed by atoms with Crippen LogP contribution in [0.5, 0.6) is 0 Å². The first kappa shape index (κ1) is 14.5. The molecule has 4 rings (SSSR count). The van der Waals surface area contributed by atoms with Crippen LogP contribution in [0.25, 0.3) is 11.3 Å². The van der Waals surface area contributed by atoms with Crippen LogP contribution in [0.1, 0.15) is 31.5 Å². The van der Waals surface area contributed by atoms with E-state index in [-0.39, 0.29) is 11.9 Å². The molecule has 0 radical (unpaired) electrons. The van der Waals surface area contributed by atoms with Crippen LogP contribution in [0.2, 0.25) is 0 Å². The first-order valence-electron chi connectivity index (χ1n) is 8.50. The Hall–Kier alpha value is -2.14.